The fourth-order valence-electron chi connectivity index (χ4n) is 3.73. The summed E-state index contributed by atoms with van der Waals surface area (Å²) in [6.45, 7) is 5.52. The highest BCUT2D eigenvalue weighted by atomic mass is 16.1. The highest BCUT2D eigenvalue weighted by molar-refractivity contribution is 5.86. The van der Waals surface area contributed by atoms with Gasteiger partial charge in [-0.2, -0.15) is 0 Å². The fraction of sp³-hybridized carbons (Fsp3) is 0.455. The number of aliphatic imine (C=N–C) groups is 1. The fourth-order valence-corrected chi connectivity index (χ4v) is 3.73. The molecule has 0 unspecified atom stereocenters. The third-order valence-corrected chi connectivity index (χ3v) is 5.28. The van der Waals surface area contributed by atoms with Crippen LogP contribution < -0.4 is 10.6 Å². The molecule has 5 nitrogen and oxygen atoms in total. The number of carbonyl (C=O) groups is 1. The summed E-state index contributed by atoms with van der Waals surface area (Å²) >= 11 is 0. The zero-order chi connectivity index (χ0) is 19.1. The topological polar surface area (TPSA) is 56.7 Å². The van der Waals surface area contributed by atoms with E-state index in [9.17, 15) is 4.79 Å². The maximum atomic E-state index is 11.6. The molecule has 2 aromatic carbocycles. The molecule has 0 saturated carbocycles. The van der Waals surface area contributed by atoms with Crippen LogP contribution in [0.1, 0.15) is 31.7 Å². The Morgan fingerprint density at radius 2 is 1.89 bits per heavy atom. The first-order valence-corrected chi connectivity index (χ1v) is 9.91. The van der Waals surface area contributed by atoms with Crippen LogP contribution in [0, 0.1) is 5.92 Å². The molecule has 2 N–H and O–H groups in total. The predicted molar refractivity (Wildman–Crippen MR) is 112 cm³/mol. The first kappa shape index (κ1) is 19.2. The van der Waals surface area contributed by atoms with Gasteiger partial charge < -0.3 is 15.5 Å². The summed E-state index contributed by atoms with van der Waals surface area (Å²) in [4.78, 5) is 18.8. The van der Waals surface area contributed by atoms with Gasteiger partial charge in [0.05, 0.1) is 6.54 Å². The molecule has 1 aliphatic rings. The van der Waals surface area contributed by atoms with Crippen molar-refractivity contribution in [2.45, 2.75) is 32.7 Å². The van der Waals surface area contributed by atoms with Gasteiger partial charge in [-0.15, -0.1) is 0 Å². The molecule has 1 heterocycles. The zero-order valence-electron chi connectivity index (χ0n) is 16.4. The zero-order valence-corrected chi connectivity index (χ0v) is 16.4. The van der Waals surface area contributed by atoms with Crippen molar-refractivity contribution in [1.82, 2.24) is 15.5 Å². The highest BCUT2D eigenvalue weighted by Crippen LogP contribution is 2.22. The van der Waals surface area contributed by atoms with Crippen LogP contribution in [0.25, 0.3) is 10.8 Å². The van der Waals surface area contributed by atoms with Gasteiger partial charge in [-0.05, 0) is 42.0 Å². The van der Waals surface area contributed by atoms with Gasteiger partial charge in [0.1, 0.15) is 0 Å². The van der Waals surface area contributed by atoms with Crippen molar-refractivity contribution in [1.29, 1.82) is 0 Å². The molecule has 0 bridgehead atoms. The largest absolute Gasteiger partial charge is 0.359 e. The SMILES string of the molecule is CCNC(=NCc1cccc2ccccc12)N1CCC(CC(=O)NC)CC1. The van der Waals surface area contributed by atoms with E-state index in [4.69, 9.17) is 4.99 Å². The second-order valence-corrected chi connectivity index (χ2v) is 7.12. The van der Waals surface area contributed by atoms with Crippen LogP contribution in [0.5, 0.6) is 0 Å². The van der Waals surface area contributed by atoms with Gasteiger partial charge in [0.25, 0.3) is 0 Å². The number of hydrogen-bond acceptors (Lipinski definition) is 2. The van der Waals surface area contributed by atoms with E-state index >= 15 is 0 Å². The Morgan fingerprint density at radius 1 is 1.15 bits per heavy atom. The van der Waals surface area contributed by atoms with Crippen molar-refractivity contribution in [2.24, 2.45) is 10.9 Å². The number of guanidine groups is 1. The van der Waals surface area contributed by atoms with E-state index in [1.165, 1.54) is 16.3 Å². The number of nitrogens with one attached hydrogen (secondary N) is 2. The van der Waals surface area contributed by atoms with E-state index in [1.54, 1.807) is 7.05 Å². The Morgan fingerprint density at radius 3 is 2.63 bits per heavy atom. The Balaban J connectivity index is 1.67. The van der Waals surface area contributed by atoms with Gasteiger partial charge in [0, 0.05) is 33.1 Å². The normalized spacial score (nSPS) is 15.8. The summed E-state index contributed by atoms with van der Waals surface area (Å²) in [7, 11) is 1.71. The van der Waals surface area contributed by atoms with Crippen LogP contribution in [-0.2, 0) is 11.3 Å². The van der Waals surface area contributed by atoms with Crippen LogP contribution in [0.4, 0.5) is 0 Å². The molecule has 0 spiro atoms. The Bertz CT molecular complexity index is 789. The van der Waals surface area contributed by atoms with Gasteiger partial charge in [0.15, 0.2) is 5.96 Å². The minimum Gasteiger partial charge on any atom is -0.359 e. The third kappa shape index (κ3) is 5.00. The Hall–Kier alpha value is -2.56. The van der Waals surface area contributed by atoms with Gasteiger partial charge >= 0.3 is 0 Å². The van der Waals surface area contributed by atoms with Crippen LogP contribution >= 0.6 is 0 Å². The summed E-state index contributed by atoms with van der Waals surface area (Å²) < 4.78 is 0. The number of piperidine rings is 1. The molecule has 0 aromatic heterocycles. The molecule has 3 rings (SSSR count). The maximum absolute atomic E-state index is 11.6. The second kappa shape index (κ2) is 9.40. The van der Waals surface area contributed by atoms with Gasteiger partial charge in [-0.25, -0.2) is 4.99 Å². The van der Waals surface area contributed by atoms with E-state index in [-0.39, 0.29) is 5.91 Å². The molecule has 1 amide bonds. The number of nitrogens with zero attached hydrogens (tertiary/aromatic N) is 2. The van der Waals surface area contributed by atoms with Gasteiger partial charge in [-0.3, -0.25) is 4.79 Å². The number of likely N-dealkylation sites (tertiary alicyclic amines) is 1. The molecule has 0 aliphatic carbocycles. The summed E-state index contributed by atoms with van der Waals surface area (Å²) in [5.74, 6) is 1.59. The average molecular weight is 367 g/mol. The lowest BCUT2D eigenvalue weighted by Crippen LogP contribution is -2.46. The lowest BCUT2D eigenvalue weighted by molar-refractivity contribution is -0.121. The van der Waals surface area contributed by atoms with Gasteiger partial charge in [0.2, 0.25) is 5.91 Å². The predicted octanol–water partition coefficient (Wildman–Crippen LogP) is 3.15. The minimum atomic E-state index is 0.143. The molecule has 0 atom stereocenters. The molecular formula is C22H30N4O. The molecule has 5 heteroatoms. The van der Waals surface area contributed by atoms with Crippen molar-refractivity contribution in [3.05, 3.63) is 48.0 Å². The van der Waals surface area contributed by atoms with Crippen LogP contribution in [-0.4, -0.2) is 43.4 Å². The monoisotopic (exact) mass is 366 g/mol. The summed E-state index contributed by atoms with van der Waals surface area (Å²) in [6, 6.07) is 14.9. The number of rotatable bonds is 5. The number of carbonyl (C=O) groups excluding carboxylic acids is 1. The van der Waals surface area contributed by atoms with Crippen LogP contribution in [0.3, 0.4) is 0 Å². The molecule has 0 radical (unpaired) electrons. The summed E-state index contributed by atoms with van der Waals surface area (Å²) in [5.41, 5.74) is 1.25. The summed E-state index contributed by atoms with van der Waals surface area (Å²) in [5, 5.41) is 8.69. The molecule has 1 fully saturated rings. The van der Waals surface area contributed by atoms with Crippen LogP contribution in [0.15, 0.2) is 47.5 Å². The third-order valence-electron chi connectivity index (χ3n) is 5.28. The van der Waals surface area contributed by atoms with E-state index < -0.39 is 0 Å². The maximum Gasteiger partial charge on any atom is 0.220 e. The van der Waals surface area contributed by atoms with Crippen molar-refractivity contribution in [3.63, 3.8) is 0 Å². The molecule has 1 aliphatic heterocycles. The number of hydrogen-bond donors (Lipinski definition) is 2. The lowest BCUT2D eigenvalue weighted by atomic mass is 9.93. The Kier molecular flexibility index (Phi) is 6.69. The first-order chi connectivity index (χ1) is 13.2. The molecule has 2 aromatic rings. The van der Waals surface area contributed by atoms with E-state index in [0.717, 1.165) is 38.4 Å². The standard InChI is InChI=1S/C22H30N4O/c1-3-24-22(26-13-11-17(12-14-26)15-21(27)23-2)25-16-19-9-6-8-18-7-4-5-10-20(18)19/h4-10,17H,3,11-16H2,1-2H3,(H,23,27)(H,24,25). The number of benzene rings is 2. The average Bonchev–Trinajstić information content (AvgIpc) is 2.71. The van der Waals surface area contributed by atoms with Gasteiger partial charge in [-0.1, -0.05) is 42.5 Å². The van der Waals surface area contributed by atoms with Crippen molar-refractivity contribution in [3.8, 4) is 0 Å². The summed E-state index contributed by atoms with van der Waals surface area (Å²) in [6.07, 6.45) is 2.70. The number of amides is 1. The molecule has 1 saturated heterocycles. The van der Waals surface area contributed by atoms with Crippen LogP contribution in [0.2, 0.25) is 0 Å². The lowest BCUT2D eigenvalue weighted by Gasteiger charge is -2.34. The highest BCUT2D eigenvalue weighted by Gasteiger charge is 2.23. The van der Waals surface area contributed by atoms with Crippen molar-refractivity contribution in [2.75, 3.05) is 26.7 Å². The smallest absolute Gasteiger partial charge is 0.220 e. The van der Waals surface area contributed by atoms with E-state index in [2.05, 4.69) is 64.9 Å². The number of fused-ring (bicyclic) bond motifs is 1. The van der Waals surface area contributed by atoms with Crippen molar-refractivity contribution >= 4 is 22.6 Å². The quantitative estimate of drug-likeness (QED) is 0.631. The Labute approximate surface area is 161 Å². The molecule has 144 valence electrons. The second-order valence-electron chi connectivity index (χ2n) is 7.12. The van der Waals surface area contributed by atoms with Crippen molar-refractivity contribution < 1.29 is 4.79 Å². The van der Waals surface area contributed by atoms with E-state index in [0.29, 0.717) is 18.9 Å². The first-order valence-electron chi connectivity index (χ1n) is 9.91. The van der Waals surface area contributed by atoms with E-state index in [1.807, 2.05) is 0 Å². The minimum absolute atomic E-state index is 0.143. The molecular weight excluding hydrogens is 336 g/mol. The molecule has 27 heavy (non-hydrogen) atoms.